The quantitative estimate of drug-likeness (QED) is 0.0262. The lowest BCUT2D eigenvalue weighted by atomic mass is 10.0. The summed E-state index contributed by atoms with van der Waals surface area (Å²) in [5.41, 5.74) is 0. The van der Waals surface area contributed by atoms with Gasteiger partial charge >= 0.3 is 17.9 Å². The highest BCUT2D eigenvalue weighted by Crippen LogP contribution is 2.16. The highest BCUT2D eigenvalue weighted by molar-refractivity contribution is 5.71. The molecule has 64 heavy (non-hydrogen) atoms. The molecule has 0 aliphatic carbocycles. The van der Waals surface area contributed by atoms with Crippen LogP contribution in [0.2, 0.25) is 0 Å². The maximum absolute atomic E-state index is 12.8. The fraction of sp³-hybridized carbons (Fsp3) is 0.879. The van der Waals surface area contributed by atoms with Crippen LogP contribution in [0.15, 0.2) is 24.3 Å². The number of unbranched alkanes of at least 4 members (excludes halogenated alkanes) is 37. The molecule has 1 atom stereocenters. The van der Waals surface area contributed by atoms with Crippen molar-refractivity contribution in [3.8, 4) is 0 Å². The van der Waals surface area contributed by atoms with E-state index in [2.05, 4.69) is 45.1 Å². The van der Waals surface area contributed by atoms with E-state index in [4.69, 9.17) is 14.2 Å². The van der Waals surface area contributed by atoms with Gasteiger partial charge in [0, 0.05) is 19.3 Å². The van der Waals surface area contributed by atoms with Crippen LogP contribution in [0.25, 0.3) is 0 Å². The number of carbonyl (C=O) groups is 3. The first-order valence-electron chi connectivity index (χ1n) is 28.3. The molecule has 0 saturated carbocycles. The van der Waals surface area contributed by atoms with E-state index >= 15 is 0 Å². The number of esters is 3. The third-order valence-corrected chi connectivity index (χ3v) is 12.7. The minimum Gasteiger partial charge on any atom is -0.462 e. The van der Waals surface area contributed by atoms with Crippen LogP contribution < -0.4 is 0 Å². The lowest BCUT2D eigenvalue weighted by Crippen LogP contribution is -2.30. The van der Waals surface area contributed by atoms with E-state index in [1.165, 1.54) is 199 Å². The SMILES string of the molecule is CCCCC/C=C\CCCCCCCC(=O)OCC(COC(=O)CCCCCCC/C=C\CCCCCCCCCCC)OC(=O)CCCCCCCCCCCCCCCCCC. The van der Waals surface area contributed by atoms with Crippen molar-refractivity contribution >= 4 is 17.9 Å². The summed E-state index contributed by atoms with van der Waals surface area (Å²) in [6.45, 7) is 6.64. The first-order chi connectivity index (χ1) is 31.5. The molecular formula is C58H108O6. The Bertz CT molecular complexity index is 1040. The number of allylic oxidation sites excluding steroid dienone is 4. The van der Waals surface area contributed by atoms with Gasteiger partial charge < -0.3 is 14.2 Å². The maximum atomic E-state index is 12.8. The average Bonchev–Trinajstić information content (AvgIpc) is 3.29. The summed E-state index contributed by atoms with van der Waals surface area (Å²) in [6, 6.07) is 0. The zero-order valence-corrected chi connectivity index (χ0v) is 43.1. The van der Waals surface area contributed by atoms with Crippen LogP contribution in [-0.2, 0) is 28.6 Å². The van der Waals surface area contributed by atoms with E-state index in [9.17, 15) is 14.4 Å². The fourth-order valence-electron chi connectivity index (χ4n) is 8.37. The first kappa shape index (κ1) is 61.9. The van der Waals surface area contributed by atoms with Crippen molar-refractivity contribution in [2.45, 2.75) is 316 Å². The van der Waals surface area contributed by atoms with Gasteiger partial charge in [-0.05, 0) is 70.6 Å². The molecular weight excluding hydrogens is 793 g/mol. The molecule has 6 heteroatoms. The lowest BCUT2D eigenvalue weighted by Gasteiger charge is -2.18. The zero-order chi connectivity index (χ0) is 46.5. The van der Waals surface area contributed by atoms with Gasteiger partial charge in [0.05, 0.1) is 0 Å². The Labute approximate surface area is 398 Å². The smallest absolute Gasteiger partial charge is 0.306 e. The lowest BCUT2D eigenvalue weighted by molar-refractivity contribution is -0.167. The summed E-state index contributed by atoms with van der Waals surface area (Å²) in [5.74, 6) is -0.873. The molecule has 1 unspecified atom stereocenters. The molecule has 0 radical (unpaired) electrons. The van der Waals surface area contributed by atoms with Crippen molar-refractivity contribution in [3.05, 3.63) is 24.3 Å². The Morgan fingerprint density at radius 1 is 0.297 bits per heavy atom. The van der Waals surface area contributed by atoms with Crippen molar-refractivity contribution in [2.75, 3.05) is 13.2 Å². The molecule has 0 amide bonds. The number of carbonyl (C=O) groups excluding carboxylic acids is 3. The Balaban J connectivity index is 4.32. The molecule has 0 aliphatic heterocycles. The zero-order valence-electron chi connectivity index (χ0n) is 43.1. The second-order valence-electron chi connectivity index (χ2n) is 19.2. The van der Waals surface area contributed by atoms with Gasteiger partial charge in [0.2, 0.25) is 0 Å². The predicted molar refractivity (Wildman–Crippen MR) is 275 cm³/mol. The van der Waals surface area contributed by atoms with Gasteiger partial charge in [0.25, 0.3) is 0 Å². The Hall–Kier alpha value is -2.11. The molecule has 0 aromatic heterocycles. The highest BCUT2D eigenvalue weighted by Gasteiger charge is 2.19. The van der Waals surface area contributed by atoms with Crippen LogP contribution in [0.3, 0.4) is 0 Å². The summed E-state index contributed by atoms with van der Waals surface area (Å²) >= 11 is 0. The molecule has 0 aromatic carbocycles. The maximum Gasteiger partial charge on any atom is 0.306 e. The second kappa shape index (κ2) is 53.5. The fourth-order valence-corrected chi connectivity index (χ4v) is 8.37. The molecule has 0 aromatic rings. The van der Waals surface area contributed by atoms with Gasteiger partial charge in [-0.3, -0.25) is 14.4 Å². The van der Waals surface area contributed by atoms with E-state index in [-0.39, 0.29) is 31.1 Å². The molecule has 0 bridgehead atoms. The minimum atomic E-state index is -0.773. The van der Waals surface area contributed by atoms with Gasteiger partial charge in [0.15, 0.2) is 6.10 Å². The van der Waals surface area contributed by atoms with Gasteiger partial charge in [-0.2, -0.15) is 0 Å². The van der Waals surface area contributed by atoms with Crippen molar-refractivity contribution in [1.29, 1.82) is 0 Å². The van der Waals surface area contributed by atoms with Crippen LogP contribution in [0.4, 0.5) is 0 Å². The van der Waals surface area contributed by atoms with E-state index in [1.54, 1.807) is 0 Å². The first-order valence-corrected chi connectivity index (χ1v) is 28.3. The van der Waals surface area contributed by atoms with E-state index in [1.807, 2.05) is 0 Å². The predicted octanol–water partition coefficient (Wildman–Crippen LogP) is 18.7. The van der Waals surface area contributed by atoms with Gasteiger partial charge in [0.1, 0.15) is 13.2 Å². The summed E-state index contributed by atoms with van der Waals surface area (Å²) in [5, 5.41) is 0. The summed E-state index contributed by atoms with van der Waals surface area (Å²) in [7, 11) is 0. The number of hydrogen-bond acceptors (Lipinski definition) is 6. The van der Waals surface area contributed by atoms with E-state index in [0.29, 0.717) is 19.3 Å². The van der Waals surface area contributed by atoms with Crippen LogP contribution in [0.5, 0.6) is 0 Å². The number of hydrogen-bond donors (Lipinski definition) is 0. The minimum absolute atomic E-state index is 0.0742. The third-order valence-electron chi connectivity index (χ3n) is 12.7. The molecule has 0 N–H and O–H groups in total. The summed E-state index contributed by atoms with van der Waals surface area (Å²) in [6.07, 6.45) is 61.7. The number of ether oxygens (including phenoxy) is 3. The summed E-state index contributed by atoms with van der Waals surface area (Å²) < 4.78 is 16.8. The molecule has 0 heterocycles. The third kappa shape index (κ3) is 50.9. The van der Waals surface area contributed by atoms with Crippen molar-refractivity contribution in [2.24, 2.45) is 0 Å². The summed E-state index contributed by atoms with van der Waals surface area (Å²) in [4.78, 5) is 38.1. The highest BCUT2D eigenvalue weighted by atomic mass is 16.6. The molecule has 376 valence electrons. The van der Waals surface area contributed by atoms with Crippen LogP contribution >= 0.6 is 0 Å². The van der Waals surface area contributed by atoms with Gasteiger partial charge in [-0.15, -0.1) is 0 Å². The largest absolute Gasteiger partial charge is 0.462 e. The monoisotopic (exact) mass is 901 g/mol. The van der Waals surface area contributed by atoms with Crippen molar-refractivity contribution in [1.82, 2.24) is 0 Å². The number of rotatable bonds is 52. The molecule has 0 rings (SSSR count). The molecule has 0 spiro atoms. The van der Waals surface area contributed by atoms with Gasteiger partial charge in [-0.25, -0.2) is 0 Å². The van der Waals surface area contributed by atoms with Crippen LogP contribution in [0.1, 0.15) is 310 Å². The van der Waals surface area contributed by atoms with Crippen molar-refractivity contribution < 1.29 is 28.6 Å². The van der Waals surface area contributed by atoms with Gasteiger partial charge in [-0.1, -0.05) is 244 Å². The second-order valence-corrected chi connectivity index (χ2v) is 19.2. The molecule has 0 saturated heterocycles. The normalized spacial score (nSPS) is 12.1. The molecule has 6 nitrogen and oxygen atoms in total. The molecule has 0 fully saturated rings. The Morgan fingerprint density at radius 3 is 0.812 bits per heavy atom. The average molecular weight is 901 g/mol. The standard InChI is InChI=1S/C58H108O6/c1-4-7-10-13-16-19-22-25-27-29-30-32-33-36-39-42-45-48-51-57(60)63-54-55(53-62-56(59)50-47-44-41-38-35-24-21-18-15-12-9-6-3)64-58(61)52-49-46-43-40-37-34-31-28-26-23-20-17-14-11-8-5-2/h18,21,30,32,55H,4-17,19-20,22-29,31,33-54H2,1-3H3/b21-18-,32-30-. The van der Waals surface area contributed by atoms with E-state index < -0.39 is 6.10 Å². The topological polar surface area (TPSA) is 78.9 Å². The Morgan fingerprint density at radius 2 is 0.516 bits per heavy atom. The van der Waals surface area contributed by atoms with Crippen LogP contribution in [-0.4, -0.2) is 37.2 Å². The Kier molecular flexibility index (Phi) is 51.7. The van der Waals surface area contributed by atoms with Crippen LogP contribution in [0, 0.1) is 0 Å². The van der Waals surface area contributed by atoms with E-state index in [0.717, 1.165) is 70.6 Å². The molecule has 0 aliphatic rings. The van der Waals surface area contributed by atoms with Crippen molar-refractivity contribution in [3.63, 3.8) is 0 Å².